The number of hydrogen-bond acceptors (Lipinski definition) is 2. The fourth-order valence-electron chi connectivity index (χ4n) is 1.96. The number of hydrogen-bond donors (Lipinski definition) is 0. The van der Waals surface area contributed by atoms with Crippen LogP contribution in [0.25, 0.3) is 0 Å². The lowest BCUT2D eigenvalue weighted by atomic mass is 10.1. The summed E-state index contributed by atoms with van der Waals surface area (Å²) in [6.45, 7) is 2.12. The lowest BCUT2D eigenvalue weighted by Gasteiger charge is -2.14. The molecule has 0 aliphatic carbocycles. The zero-order valence-corrected chi connectivity index (χ0v) is 11.9. The second-order valence-electron chi connectivity index (χ2n) is 4.44. The maximum Gasteiger partial charge on any atom is 0.176 e. The normalized spacial score (nSPS) is 12.1. The first-order valence-electron chi connectivity index (χ1n) is 6.62. The Bertz CT molecular complexity index is 507. The van der Waals surface area contributed by atoms with Gasteiger partial charge < -0.3 is 0 Å². The van der Waals surface area contributed by atoms with Crippen LogP contribution >= 0.6 is 11.8 Å². The second-order valence-corrected chi connectivity index (χ2v) is 5.71. The average Bonchev–Trinajstić information content (AvgIpc) is 2.48. The van der Waals surface area contributed by atoms with Crippen molar-refractivity contribution in [2.24, 2.45) is 0 Å². The van der Waals surface area contributed by atoms with Crippen LogP contribution in [0.15, 0.2) is 65.6 Å². The highest BCUT2D eigenvalue weighted by Gasteiger charge is 2.20. The summed E-state index contributed by atoms with van der Waals surface area (Å²) in [7, 11) is 0. The molecule has 0 N–H and O–H groups in total. The molecule has 0 amide bonds. The molecular formula is C17H18OS. The Kier molecular flexibility index (Phi) is 5.22. The molecule has 0 spiro atoms. The van der Waals surface area contributed by atoms with Crippen LogP contribution in [0.2, 0.25) is 0 Å². The van der Waals surface area contributed by atoms with Crippen LogP contribution in [0.3, 0.4) is 0 Å². The van der Waals surface area contributed by atoms with Gasteiger partial charge in [0.1, 0.15) is 0 Å². The number of thioether (sulfide) groups is 1. The third kappa shape index (κ3) is 3.97. The van der Waals surface area contributed by atoms with E-state index in [1.165, 1.54) is 0 Å². The molecule has 0 aliphatic rings. The van der Waals surface area contributed by atoms with E-state index in [0.717, 1.165) is 23.3 Å². The molecule has 0 bridgehead atoms. The van der Waals surface area contributed by atoms with E-state index in [2.05, 4.69) is 19.1 Å². The molecule has 0 heterocycles. The molecule has 2 aromatic rings. The first kappa shape index (κ1) is 13.9. The van der Waals surface area contributed by atoms with Crippen LogP contribution in [0.1, 0.15) is 30.1 Å². The third-order valence-electron chi connectivity index (χ3n) is 2.92. The third-order valence-corrected chi connectivity index (χ3v) is 4.20. The smallest absolute Gasteiger partial charge is 0.176 e. The molecule has 0 saturated heterocycles. The molecular weight excluding hydrogens is 252 g/mol. The Morgan fingerprint density at radius 2 is 1.58 bits per heavy atom. The van der Waals surface area contributed by atoms with Gasteiger partial charge >= 0.3 is 0 Å². The topological polar surface area (TPSA) is 17.1 Å². The van der Waals surface area contributed by atoms with Crippen molar-refractivity contribution < 1.29 is 4.79 Å². The van der Waals surface area contributed by atoms with Crippen LogP contribution in [-0.2, 0) is 0 Å². The lowest BCUT2D eigenvalue weighted by molar-refractivity contribution is 0.0986. The van der Waals surface area contributed by atoms with Crippen LogP contribution in [0.5, 0.6) is 0 Å². The molecule has 1 unspecified atom stereocenters. The summed E-state index contributed by atoms with van der Waals surface area (Å²) in [5.74, 6) is 0.233. The van der Waals surface area contributed by atoms with Crippen molar-refractivity contribution in [3.8, 4) is 0 Å². The number of benzene rings is 2. The zero-order chi connectivity index (χ0) is 13.5. The predicted octanol–water partition coefficient (Wildman–Crippen LogP) is 4.83. The molecule has 19 heavy (non-hydrogen) atoms. The second kappa shape index (κ2) is 7.15. The monoisotopic (exact) mass is 270 g/mol. The van der Waals surface area contributed by atoms with Crippen molar-refractivity contribution in [1.29, 1.82) is 0 Å². The Morgan fingerprint density at radius 1 is 1.00 bits per heavy atom. The van der Waals surface area contributed by atoms with Gasteiger partial charge in [0, 0.05) is 10.5 Å². The first-order chi connectivity index (χ1) is 9.31. The van der Waals surface area contributed by atoms with Gasteiger partial charge in [-0.15, -0.1) is 11.8 Å². The molecule has 2 aromatic carbocycles. The fraction of sp³-hybridized carbons (Fsp3) is 0.235. The van der Waals surface area contributed by atoms with Gasteiger partial charge in [0.2, 0.25) is 0 Å². The van der Waals surface area contributed by atoms with Gasteiger partial charge in [0.05, 0.1) is 5.25 Å². The van der Waals surface area contributed by atoms with Gasteiger partial charge in [-0.3, -0.25) is 4.79 Å². The van der Waals surface area contributed by atoms with Crippen molar-refractivity contribution in [2.75, 3.05) is 0 Å². The van der Waals surface area contributed by atoms with Gasteiger partial charge in [-0.1, -0.05) is 61.9 Å². The van der Waals surface area contributed by atoms with Crippen molar-refractivity contribution in [3.63, 3.8) is 0 Å². The largest absolute Gasteiger partial charge is 0.293 e. The minimum absolute atomic E-state index is 0.00907. The molecule has 2 heteroatoms. The molecule has 98 valence electrons. The molecule has 1 nitrogen and oxygen atoms in total. The van der Waals surface area contributed by atoms with E-state index in [0.29, 0.717) is 0 Å². The highest BCUT2D eigenvalue weighted by atomic mass is 32.2. The quantitative estimate of drug-likeness (QED) is 0.552. The Morgan fingerprint density at radius 3 is 2.16 bits per heavy atom. The fourth-order valence-corrected chi connectivity index (χ4v) is 3.20. The van der Waals surface area contributed by atoms with Crippen molar-refractivity contribution in [2.45, 2.75) is 29.9 Å². The van der Waals surface area contributed by atoms with Crippen LogP contribution in [-0.4, -0.2) is 11.0 Å². The number of rotatable bonds is 6. The number of carbonyl (C=O) groups is 1. The molecule has 0 aromatic heterocycles. The molecule has 1 atom stereocenters. The Hall–Kier alpha value is -1.54. The van der Waals surface area contributed by atoms with E-state index in [9.17, 15) is 4.79 Å². The van der Waals surface area contributed by atoms with Crippen molar-refractivity contribution >= 4 is 17.5 Å². The zero-order valence-electron chi connectivity index (χ0n) is 11.1. The molecule has 0 fully saturated rings. The highest BCUT2D eigenvalue weighted by Crippen LogP contribution is 2.28. The van der Waals surface area contributed by atoms with Gasteiger partial charge in [0.25, 0.3) is 0 Å². The summed E-state index contributed by atoms with van der Waals surface area (Å²) in [5.41, 5.74) is 0.810. The van der Waals surface area contributed by atoms with Crippen LogP contribution in [0, 0.1) is 0 Å². The number of carbonyl (C=O) groups excluding carboxylic acids is 1. The maximum absolute atomic E-state index is 12.5. The van der Waals surface area contributed by atoms with Crippen LogP contribution in [0.4, 0.5) is 0 Å². The molecule has 0 saturated carbocycles. The van der Waals surface area contributed by atoms with Gasteiger partial charge in [-0.2, -0.15) is 0 Å². The standard InChI is InChI=1S/C17H18OS/c1-2-9-16(19-15-12-7-4-8-13-15)17(18)14-10-5-3-6-11-14/h3-8,10-13,16H,2,9H2,1H3. The SMILES string of the molecule is CCCC(Sc1ccccc1)C(=O)c1ccccc1. The van der Waals surface area contributed by atoms with E-state index in [1.807, 2.05) is 48.5 Å². The average molecular weight is 270 g/mol. The summed E-state index contributed by atoms with van der Waals surface area (Å²) in [6.07, 6.45) is 1.93. The van der Waals surface area contributed by atoms with Gasteiger partial charge in [-0.25, -0.2) is 0 Å². The molecule has 2 rings (SSSR count). The maximum atomic E-state index is 12.5. The van der Waals surface area contributed by atoms with Crippen molar-refractivity contribution in [3.05, 3.63) is 66.2 Å². The Balaban J connectivity index is 2.14. The highest BCUT2D eigenvalue weighted by molar-refractivity contribution is 8.00. The van der Waals surface area contributed by atoms with Gasteiger partial charge in [0.15, 0.2) is 5.78 Å². The van der Waals surface area contributed by atoms with E-state index in [-0.39, 0.29) is 11.0 Å². The van der Waals surface area contributed by atoms with E-state index >= 15 is 0 Å². The molecule has 0 radical (unpaired) electrons. The van der Waals surface area contributed by atoms with Crippen molar-refractivity contribution in [1.82, 2.24) is 0 Å². The van der Waals surface area contributed by atoms with E-state index < -0.39 is 0 Å². The summed E-state index contributed by atoms with van der Waals surface area (Å²) in [6, 6.07) is 19.7. The summed E-state index contributed by atoms with van der Waals surface area (Å²) in [5, 5.41) is 0.00907. The molecule has 0 aliphatic heterocycles. The summed E-state index contributed by atoms with van der Waals surface area (Å²) >= 11 is 1.67. The number of ketones is 1. The minimum Gasteiger partial charge on any atom is -0.293 e. The van der Waals surface area contributed by atoms with Gasteiger partial charge in [-0.05, 0) is 18.6 Å². The van der Waals surface area contributed by atoms with E-state index in [1.54, 1.807) is 11.8 Å². The lowest BCUT2D eigenvalue weighted by Crippen LogP contribution is -2.17. The summed E-state index contributed by atoms with van der Waals surface area (Å²) in [4.78, 5) is 13.7. The number of Topliss-reactive ketones (excluding diaryl/α,β-unsaturated/α-hetero) is 1. The van der Waals surface area contributed by atoms with Crippen LogP contribution < -0.4 is 0 Å². The summed E-state index contributed by atoms with van der Waals surface area (Å²) < 4.78 is 0. The van der Waals surface area contributed by atoms with E-state index in [4.69, 9.17) is 0 Å². The minimum atomic E-state index is 0.00907. The Labute approximate surface area is 119 Å². The predicted molar refractivity (Wildman–Crippen MR) is 81.8 cm³/mol. The first-order valence-corrected chi connectivity index (χ1v) is 7.50.